The van der Waals surface area contributed by atoms with E-state index in [1.807, 2.05) is 4.90 Å². The van der Waals surface area contributed by atoms with Crippen molar-refractivity contribution in [1.29, 1.82) is 5.26 Å². The first-order chi connectivity index (χ1) is 23.4. The molecule has 3 saturated heterocycles. The second-order valence-corrected chi connectivity index (χ2v) is 16.4. The normalized spacial score (nSPS) is 35.5. The number of nitrogens with one attached hydrogen (secondary N) is 1. The highest BCUT2D eigenvalue weighted by molar-refractivity contribution is 6.31. The van der Waals surface area contributed by atoms with Crippen LogP contribution in [0.1, 0.15) is 94.6 Å². The maximum absolute atomic E-state index is 12.9. The van der Waals surface area contributed by atoms with Crippen LogP contribution < -0.4 is 5.32 Å². The van der Waals surface area contributed by atoms with E-state index < -0.39 is 0 Å². The highest BCUT2D eigenvalue weighted by atomic mass is 35.5. The third kappa shape index (κ3) is 6.98. The lowest BCUT2D eigenvalue weighted by atomic mass is 9.59. The molecule has 3 aliphatic carbocycles. The van der Waals surface area contributed by atoms with Gasteiger partial charge in [0.2, 0.25) is 5.91 Å². The minimum absolute atomic E-state index is 0.0588. The predicted molar refractivity (Wildman–Crippen MR) is 190 cm³/mol. The molecule has 262 valence electrons. The van der Waals surface area contributed by atoms with Gasteiger partial charge < -0.3 is 14.5 Å². The van der Waals surface area contributed by atoms with Crippen LogP contribution in [0, 0.1) is 22.7 Å². The van der Waals surface area contributed by atoms with E-state index in [1.165, 1.54) is 81.4 Å². The number of carbonyl (C=O) groups is 1. The molecule has 7 rings (SSSR count). The van der Waals surface area contributed by atoms with Gasteiger partial charge in [-0.25, -0.2) is 4.90 Å². The van der Waals surface area contributed by atoms with E-state index in [0.717, 1.165) is 56.9 Å². The molecule has 0 radical (unpaired) electrons. The molecule has 1 amide bonds. The molecule has 1 aromatic carbocycles. The standard InChI is InChI=1S/C39H57ClN6O2/c1-3-36(47)45-23-22-44(26-30(45)17-20-41)37-32-16-19-39(18-15-28-10-8-14-34(40)33(28)24-39)25-35(32)42-38(48-27-31-13-9-21-43(31)2)46(37)29-11-6-4-5-7-12-29/h3,8,10,14,29-32,35,37-38,42H,1,4-7,9,11-13,15-19,21-27H2,2H3/t30?,31?,32?,35?,37?,38?,39-/m0/s1. The second kappa shape index (κ2) is 15.1. The Morgan fingerprint density at radius 2 is 1.94 bits per heavy atom. The summed E-state index contributed by atoms with van der Waals surface area (Å²) in [7, 11) is 2.24. The van der Waals surface area contributed by atoms with Gasteiger partial charge in [-0.2, -0.15) is 5.26 Å². The summed E-state index contributed by atoms with van der Waals surface area (Å²) in [6.07, 6.45) is 18.7. The maximum atomic E-state index is 12.9. The molecule has 6 aliphatic rings. The van der Waals surface area contributed by atoms with Crippen molar-refractivity contribution in [2.45, 2.75) is 133 Å². The summed E-state index contributed by atoms with van der Waals surface area (Å²) in [5.74, 6) is 0.390. The van der Waals surface area contributed by atoms with Crippen LogP contribution in [0.2, 0.25) is 5.02 Å². The number of ether oxygens (including phenoxy) is 1. The molecular weight excluding hydrogens is 620 g/mol. The molecule has 1 N–H and O–H groups in total. The van der Waals surface area contributed by atoms with E-state index in [2.05, 4.69) is 57.9 Å². The fourth-order valence-corrected chi connectivity index (χ4v) is 10.9. The van der Waals surface area contributed by atoms with Gasteiger partial charge in [0.15, 0.2) is 6.35 Å². The summed E-state index contributed by atoms with van der Waals surface area (Å²) in [6, 6.07) is 9.98. The van der Waals surface area contributed by atoms with Crippen molar-refractivity contribution in [3.63, 3.8) is 0 Å². The minimum atomic E-state index is -0.148. The first-order valence-corrected chi connectivity index (χ1v) is 19.4. The van der Waals surface area contributed by atoms with Gasteiger partial charge in [0.05, 0.1) is 31.3 Å². The number of likely N-dealkylation sites (N-methyl/N-ethyl adjacent to an activating group) is 1. The molecule has 0 bridgehead atoms. The summed E-state index contributed by atoms with van der Waals surface area (Å²) in [6.45, 7) is 7.82. The third-order valence-corrected chi connectivity index (χ3v) is 13.6. The number of hydrogen-bond acceptors (Lipinski definition) is 7. The first kappa shape index (κ1) is 34.5. The second-order valence-electron chi connectivity index (χ2n) is 15.9. The molecule has 8 nitrogen and oxygen atoms in total. The minimum Gasteiger partial charge on any atom is -0.348 e. The quantitative estimate of drug-likeness (QED) is 0.283. The number of nitriles is 1. The first-order valence-electron chi connectivity index (χ1n) is 19.1. The number of amides is 1. The Labute approximate surface area is 293 Å². The summed E-state index contributed by atoms with van der Waals surface area (Å²) in [5, 5.41) is 15.0. The molecule has 3 aliphatic heterocycles. The van der Waals surface area contributed by atoms with Gasteiger partial charge in [-0.15, -0.1) is 0 Å². The number of fused-ring (bicyclic) bond motifs is 2. The number of aryl methyl sites for hydroxylation is 1. The lowest BCUT2D eigenvalue weighted by Crippen LogP contribution is -2.75. The number of hydrogen-bond donors (Lipinski definition) is 1. The number of nitrogens with zero attached hydrogens (tertiary/aromatic N) is 5. The van der Waals surface area contributed by atoms with Crippen LogP contribution in [-0.4, -0.2) is 102 Å². The molecule has 1 spiro atoms. The number of benzene rings is 1. The lowest BCUT2D eigenvalue weighted by Gasteiger charge is -2.61. The zero-order chi connectivity index (χ0) is 33.3. The van der Waals surface area contributed by atoms with Gasteiger partial charge in [0, 0.05) is 48.7 Å². The van der Waals surface area contributed by atoms with Gasteiger partial charge in [0.1, 0.15) is 0 Å². The Morgan fingerprint density at radius 3 is 2.69 bits per heavy atom. The van der Waals surface area contributed by atoms with E-state index in [1.54, 1.807) is 0 Å². The average molecular weight is 677 g/mol. The fourth-order valence-electron chi connectivity index (χ4n) is 10.6. The van der Waals surface area contributed by atoms with E-state index in [0.29, 0.717) is 37.0 Å². The van der Waals surface area contributed by atoms with Gasteiger partial charge in [-0.05, 0) is 106 Å². The van der Waals surface area contributed by atoms with E-state index >= 15 is 0 Å². The molecule has 6 unspecified atom stereocenters. The third-order valence-electron chi connectivity index (χ3n) is 13.2. The van der Waals surface area contributed by atoms with E-state index in [9.17, 15) is 10.1 Å². The topological polar surface area (TPSA) is 75.1 Å². The summed E-state index contributed by atoms with van der Waals surface area (Å²) >= 11 is 6.84. The zero-order valence-electron chi connectivity index (χ0n) is 29.1. The number of carbonyl (C=O) groups excluding carboxylic acids is 1. The Balaban J connectivity index is 1.22. The highest BCUT2D eigenvalue weighted by Crippen LogP contribution is 2.52. The molecule has 7 atom stereocenters. The Bertz CT molecular complexity index is 1340. The Hall–Kier alpha value is -1.99. The van der Waals surface area contributed by atoms with Gasteiger partial charge in [0.25, 0.3) is 0 Å². The van der Waals surface area contributed by atoms with Crippen molar-refractivity contribution in [2.24, 2.45) is 11.3 Å². The van der Waals surface area contributed by atoms with Crippen LogP contribution in [0.5, 0.6) is 0 Å². The SMILES string of the molecule is C=CC(=O)N1CCN(C2C3CC[C@]4(CCc5cccc(Cl)c5C4)CC3NC(OCC3CCCN3C)N2C2CCCCCC2)CC1CC#N. The molecule has 0 aromatic heterocycles. The Kier molecular flexibility index (Phi) is 10.8. The van der Waals surface area contributed by atoms with Crippen molar-refractivity contribution in [1.82, 2.24) is 24.9 Å². The lowest BCUT2D eigenvalue weighted by molar-refractivity contribution is -0.218. The molecule has 3 heterocycles. The highest BCUT2D eigenvalue weighted by Gasteiger charge is 2.54. The van der Waals surface area contributed by atoms with Crippen molar-refractivity contribution >= 4 is 17.5 Å². The van der Waals surface area contributed by atoms with Crippen LogP contribution in [0.15, 0.2) is 30.9 Å². The molecule has 2 saturated carbocycles. The molecular formula is C39H57ClN6O2. The van der Waals surface area contributed by atoms with Crippen molar-refractivity contribution in [2.75, 3.05) is 39.8 Å². The van der Waals surface area contributed by atoms with Crippen LogP contribution in [0.25, 0.3) is 0 Å². The summed E-state index contributed by atoms with van der Waals surface area (Å²) < 4.78 is 7.11. The smallest absolute Gasteiger partial charge is 0.246 e. The molecule has 48 heavy (non-hydrogen) atoms. The summed E-state index contributed by atoms with van der Waals surface area (Å²) in [4.78, 5) is 22.7. The van der Waals surface area contributed by atoms with Crippen LogP contribution in [-0.2, 0) is 22.4 Å². The van der Waals surface area contributed by atoms with Crippen molar-refractivity contribution in [3.05, 3.63) is 47.0 Å². The predicted octanol–water partition coefficient (Wildman–Crippen LogP) is 5.94. The Morgan fingerprint density at radius 1 is 1.10 bits per heavy atom. The monoisotopic (exact) mass is 676 g/mol. The van der Waals surface area contributed by atoms with Gasteiger partial charge in [-0.1, -0.05) is 56.0 Å². The van der Waals surface area contributed by atoms with Crippen LogP contribution >= 0.6 is 11.6 Å². The number of piperazine rings is 1. The number of likely N-dealkylation sites (tertiary alicyclic amines) is 1. The van der Waals surface area contributed by atoms with E-state index in [-0.39, 0.29) is 29.9 Å². The molecule has 9 heteroatoms. The zero-order valence-corrected chi connectivity index (χ0v) is 29.9. The maximum Gasteiger partial charge on any atom is 0.246 e. The average Bonchev–Trinajstić information content (AvgIpc) is 3.32. The van der Waals surface area contributed by atoms with Crippen molar-refractivity contribution in [3.8, 4) is 6.07 Å². The van der Waals surface area contributed by atoms with Crippen LogP contribution in [0.4, 0.5) is 0 Å². The number of halogens is 1. The fraction of sp³-hybridized carbons (Fsp3) is 0.744. The van der Waals surface area contributed by atoms with Gasteiger partial charge >= 0.3 is 0 Å². The van der Waals surface area contributed by atoms with Crippen LogP contribution in [0.3, 0.4) is 0 Å². The van der Waals surface area contributed by atoms with E-state index in [4.69, 9.17) is 16.3 Å². The largest absolute Gasteiger partial charge is 0.348 e. The summed E-state index contributed by atoms with van der Waals surface area (Å²) in [5.41, 5.74) is 3.05. The number of rotatable bonds is 7. The molecule has 5 fully saturated rings. The van der Waals surface area contributed by atoms with Crippen molar-refractivity contribution < 1.29 is 9.53 Å². The molecule has 1 aromatic rings. The van der Waals surface area contributed by atoms with Gasteiger partial charge in [-0.3, -0.25) is 15.0 Å².